The van der Waals surface area contributed by atoms with Gasteiger partial charge in [0.15, 0.2) is 0 Å². The van der Waals surface area contributed by atoms with Gasteiger partial charge in [0, 0.05) is 25.3 Å². The summed E-state index contributed by atoms with van der Waals surface area (Å²) in [5, 5.41) is 11.9. The minimum atomic E-state index is 0.0636. The van der Waals surface area contributed by atoms with Crippen molar-refractivity contribution in [1.82, 2.24) is 5.32 Å². The minimum Gasteiger partial charge on any atom is -0.394 e. The summed E-state index contributed by atoms with van der Waals surface area (Å²) in [6.45, 7) is 12.3. The standard InChI is InChI=1S/C16H35NO5/c1-16(2,3)17-6-10-21-14-12-19-8-4-5-9-20-13-15-22-11-7-18/h17-18H,4-15H2,1-3H3. The maximum atomic E-state index is 8.51. The summed E-state index contributed by atoms with van der Waals surface area (Å²) in [6, 6.07) is 0. The van der Waals surface area contributed by atoms with Crippen LogP contribution in [0.4, 0.5) is 0 Å². The molecule has 0 aliphatic rings. The first-order chi connectivity index (χ1) is 10.6. The van der Waals surface area contributed by atoms with E-state index in [1.54, 1.807) is 0 Å². The number of hydrogen-bond acceptors (Lipinski definition) is 6. The molecule has 0 radical (unpaired) electrons. The Morgan fingerprint density at radius 1 is 0.682 bits per heavy atom. The van der Waals surface area contributed by atoms with Crippen molar-refractivity contribution in [1.29, 1.82) is 0 Å². The van der Waals surface area contributed by atoms with Gasteiger partial charge in [-0.05, 0) is 33.6 Å². The number of nitrogens with one attached hydrogen (secondary N) is 1. The second-order valence-electron chi connectivity index (χ2n) is 6.06. The van der Waals surface area contributed by atoms with Crippen molar-refractivity contribution in [2.75, 3.05) is 66.0 Å². The van der Waals surface area contributed by atoms with E-state index >= 15 is 0 Å². The molecule has 0 aliphatic carbocycles. The number of unbranched alkanes of at least 4 members (excludes halogenated alkanes) is 1. The molecule has 134 valence electrons. The summed E-state index contributed by atoms with van der Waals surface area (Å²) in [4.78, 5) is 0. The van der Waals surface area contributed by atoms with Crippen LogP contribution >= 0.6 is 0 Å². The highest BCUT2D eigenvalue weighted by atomic mass is 16.5. The van der Waals surface area contributed by atoms with E-state index in [0.717, 1.165) is 32.6 Å². The second kappa shape index (κ2) is 15.6. The van der Waals surface area contributed by atoms with Crippen molar-refractivity contribution in [2.45, 2.75) is 39.2 Å². The normalized spacial score (nSPS) is 12.0. The van der Waals surface area contributed by atoms with Gasteiger partial charge in [-0.15, -0.1) is 0 Å². The van der Waals surface area contributed by atoms with Gasteiger partial charge in [0.1, 0.15) is 0 Å². The van der Waals surface area contributed by atoms with E-state index in [2.05, 4.69) is 26.1 Å². The molecule has 0 unspecified atom stereocenters. The highest BCUT2D eigenvalue weighted by molar-refractivity contribution is 4.69. The molecule has 0 fully saturated rings. The molecule has 0 aromatic carbocycles. The van der Waals surface area contributed by atoms with Crippen molar-refractivity contribution >= 4 is 0 Å². The zero-order valence-electron chi connectivity index (χ0n) is 14.6. The van der Waals surface area contributed by atoms with Gasteiger partial charge in [0.25, 0.3) is 0 Å². The Bertz CT molecular complexity index is 221. The van der Waals surface area contributed by atoms with Gasteiger partial charge >= 0.3 is 0 Å². The predicted octanol–water partition coefficient (Wildman–Crippen LogP) is 1.21. The van der Waals surface area contributed by atoms with Gasteiger partial charge in [0.2, 0.25) is 0 Å². The van der Waals surface area contributed by atoms with Gasteiger partial charge < -0.3 is 29.4 Å². The maximum Gasteiger partial charge on any atom is 0.0701 e. The fourth-order valence-electron chi connectivity index (χ4n) is 1.61. The molecule has 6 heteroatoms. The van der Waals surface area contributed by atoms with Gasteiger partial charge in [0.05, 0.1) is 46.2 Å². The highest BCUT2D eigenvalue weighted by Crippen LogP contribution is 1.97. The minimum absolute atomic E-state index is 0.0636. The van der Waals surface area contributed by atoms with E-state index in [1.165, 1.54) is 0 Å². The summed E-state index contributed by atoms with van der Waals surface area (Å²) in [5.74, 6) is 0. The molecule has 0 aromatic rings. The van der Waals surface area contributed by atoms with Crippen molar-refractivity contribution in [3.8, 4) is 0 Å². The zero-order valence-corrected chi connectivity index (χ0v) is 14.6. The van der Waals surface area contributed by atoms with E-state index in [9.17, 15) is 0 Å². The quantitative estimate of drug-likeness (QED) is 0.417. The average molecular weight is 321 g/mol. The summed E-state index contributed by atoms with van der Waals surface area (Å²) in [6.07, 6.45) is 1.97. The molecule has 22 heavy (non-hydrogen) atoms. The highest BCUT2D eigenvalue weighted by Gasteiger charge is 2.06. The van der Waals surface area contributed by atoms with Gasteiger partial charge in [-0.1, -0.05) is 0 Å². The molecule has 0 atom stereocenters. The molecule has 0 spiro atoms. The molecule has 0 heterocycles. The van der Waals surface area contributed by atoms with Crippen LogP contribution in [0.1, 0.15) is 33.6 Å². The van der Waals surface area contributed by atoms with Gasteiger partial charge in [-0.3, -0.25) is 0 Å². The first-order valence-corrected chi connectivity index (χ1v) is 8.23. The Hall–Kier alpha value is -0.240. The monoisotopic (exact) mass is 321 g/mol. The molecule has 0 rings (SSSR count). The largest absolute Gasteiger partial charge is 0.394 e. The van der Waals surface area contributed by atoms with Crippen LogP contribution in [0.15, 0.2) is 0 Å². The zero-order chi connectivity index (χ0) is 16.5. The molecule has 0 aromatic heterocycles. The molecule has 6 nitrogen and oxygen atoms in total. The lowest BCUT2D eigenvalue weighted by molar-refractivity contribution is 0.0260. The van der Waals surface area contributed by atoms with Crippen LogP contribution in [0.5, 0.6) is 0 Å². The summed E-state index contributed by atoms with van der Waals surface area (Å²) in [7, 11) is 0. The van der Waals surface area contributed by atoms with Gasteiger partial charge in [-0.25, -0.2) is 0 Å². The molecule has 0 amide bonds. The number of ether oxygens (including phenoxy) is 4. The Morgan fingerprint density at radius 2 is 1.14 bits per heavy atom. The third-order valence-corrected chi connectivity index (χ3v) is 2.71. The van der Waals surface area contributed by atoms with Crippen molar-refractivity contribution in [2.24, 2.45) is 0 Å². The average Bonchev–Trinajstić information content (AvgIpc) is 2.45. The Kier molecular flexibility index (Phi) is 15.5. The lowest BCUT2D eigenvalue weighted by atomic mass is 10.1. The first kappa shape index (κ1) is 21.8. The smallest absolute Gasteiger partial charge is 0.0701 e. The molecular formula is C16H35NO5. The summed E-state index contributed by atoms with van der Waals surface area (Å²) < 4.78 is 21.4. The molecule has 0 saturated carbocycles. The van der Waals surface area contributed by atoms with Crippen LogP contribution in [0.3, 0.4) is 0 Å². The number of aliphatic hydroxyl groups is 1. The number of hydrogen-bond donors (Lipinski definition) is 2. The lowest BCUT2D eigenvalue weighted by Gasteiger charge is -2.20. The van der Waals surface area contributed by atoms with Crippen LogP contribution in [0.25, 0.3) is 0 Å². The van der Waals surface area contributed by atoms with Crippen LogP contribution in [0.2, 0.25) is 0 Å². The Balaban J connectivity index is 3.00. The van der Waals surface area contributed by atoms with E-state index < -0.39 is 0 Å². The fraction of sp³-hybridized carbons (Fsp3) is 1.00. The first-order valence-electron chi connectivity index (χ1n) is 8.23. The fourth-order valence-corrected chi connectivity index (χ4v) is 1.61. The summed E-state index contributed by atoms with van der Waals surface area (Å²) >= 11 is 0. The second-order valence-corrected chi connectivity index (χ2v) is 6.06. The number of aliphatic hydroxyl groups excluding tert-OH is 1. The van der Waals surface area contributed by atoms with Gasteiger partial charge in [-0.2, -0.15) is 0 Å². The van der Waals surface area contributed by atoms with E-state index in [1.807, 2.05) is 0 Å². The van der Waals surface area contributed by atoms with E-state index in [-0.39, 0.29) is 12.1 Å². The lowest BCUT2D eigenvalue weighted by Crippen LogP contribution is -2.38. The maximum absolute atomic E-state index is 8.51. The Labute approximate surface area is 135 Å². The van der Waals surface area contributed by atoms with E-state index in [0.29, 0.717) is 39.6 Å². The predicted molar refractivity (Wildman–Crippen MR) is 87.4 cm³/mol. The van der Waals surface area contributed by atoms with Crippen molar-refractivity contribution in [3.05, 3.63) is 0 Å². The van der Waals surface area contributed by atoms with Crippen LogP contribution < -0.4 is 5.32 Å². The Morgan fingerprint density at radius 3 is 1.59 bits per heavy atom. The van der Waals surface area contributed by atoms with E-state index in [4.69, 9.17) is 24.1 Å². The number of rotatable bonds is 16. The third-order valence-electron chi connectivity index (χ3n) is 2.71. The van der Waals surface area contributed by atoms with Crippen LogP contribution in [-0.4, -0.2) is 76.7 Å². The molecule has 2 N–H and O–H groups in total. The topological polar surface area (TPSA) is 69.2 Å². The van der Waals surface area contributed by atoms with Crippen LogP contribution in [0, 0.1) is 0 Å². The molecule has 0 bridgehead atoms. The van der Waals surface area contributed by atoms with Crippen molar-refractivity contribution in [3.63, 3.8) is 0 Å². The van der Waals surface area contributed by atoms with Crippen molar-refractivity contribution < 1.29 is 24.1 Å². The van der Waals surface area contributed by atoms with Crippen LogP contribution in [-0.2, 0) is 18.9 Å². The molecule has 0 saturated heterocycles. The summed E-state index contributed by atoms with van der Waals surface area (Å²) in [5.41, 5.74) is 0.146. The molecule has 0 aliphatic heterocycles. The third kappa shape index (κ3) is 19.8. The molecular weight excluding hydrogens is 286 g/mol. The SMILES string of the molecule is CC(C)(C)NCCOCCOCCCCOCCOCCO.